The van der Waals surface area contributed by atoms with Gasteiger partial charge >= 0.3 is 6.03 Å². The Morgan fingerprint density at radius 3 is 2.57 bits per heavy atom. The molecule has 0 atom stereocenters. The summed E-state index contributed by atoms with van der Waals surface area (Å²) in [4.78, 5) is 16.7. The van der Waals surface area contributed by atoms with Gasteiger partial charge in [-0.1, -0.05) is 29.2 Å². The number of halogens is 2. The molecule has 156 valence electrons. The molecule has 2 amide bonds. The van der Waals surface area contributed by atoms with Crippen LogP contribution in [-0.4, -0.2) is 68.7 Å². The zero-order valence-electron chi connectivity index (χ0n) is 28.7. The fraction of sp³-hybridized carbons (Fsp3) is 0.667. The van der Waals surface area contributed by atoms with E-state index in [1.165, 1.54) is 14.1 Å². The number of benzene rings is 1. The van der Waals surface area contributed by atoms with Crippen molar-refractivity contribution >= 4 is 34.9 Å². The highest BCUT2D eigenvalue weighted by Gasteiger charge is 2.24. The monoisotopic (exact) mass is 439 g/mol. The highest BCUT2D eigenvalue weighted by atomic mass is 35.5. The first-order valence-corrected chi connectivity index (χ1v) is 9.61. The van der Waals surface area contributed by atoms with Crippen LogP contribution >= 0.6 is 23.2 Å². The number of hydrogen-bond donors (Lipinski definition) is 1. The molecule has 1 N–H and O–H groups in total. The minimum atomic E-state index is -3.54. The molecule has 5 nitrogen and oxygen atoms in total. The molecule has 1 saturated carbocycles. The van der Waals surface area contributed by atoms with Gasteiger partial charge in [0.1, 0.15) is 0 Å². The van der Waals surface area contributed by atoms with E-state index in [9.17, 15) is 4.79 Å². The number of piperazine rings is 1. The van der Waals surface area contributed by atoms with E-state index in [0.29, 0.717) is 0 Å². The summed E-state index contributed by atoms with van der Waals surface area (Å²) in [5, 5.41) is 1.64. The third kappa shape index (κ3) is 5.68. The summed E-state index contributed by atoms with van der Waals surface area (Å²) in [7, 11) is 2.49. The zero-order chi connectivity index (χ0) is 31.7. The normalized spacial score (nSPS) is 42.7. The van der Waals surface area contributed by atoms with Crippen molar-refractivity contribution in [1.29, 1.82) is 0 Å². The molecule has 0 unspecified atom stereocenters. The Bertz CT molecular complexity index is 1150. The van der Waals surface area contributed by atoms with Gasteiger partial charge in [-0.2, -0.15) is 0 Å². The van der Waals surface area contributed by atoms with Gasteiger partial charge in [0.05, 0.1) is 21.2 Å². The molecule has 1 aliphatic heterocycles. The summed E-state index contributed by atoms with van der Waals surface area (Å²) < 4.78 is 110. The molecule has 1 heterocycles. The molecule has 2 aliphatic rings. The molecule has 7 heteroatoms. The van der Waals surface area contributed by atoms with Crippen LogP contribution in [0.15, 0.2) is 18.1 Å². The van der Waals surface area contributed by atoms with Gasteiger partial charge in [-0.05, 0) is 56.4 Å². The van der Waals surface area contributed by atoms with Gasteiger partial charge in [-0.3, -0.25) is 4.90 Å². The fourth-order valence-electron chi connectivity index (χ4n) is 2.79. The van der Waals surface area contributed by atoms with E-state index in [-0.39, 0.29) is 66.6 Å². The lowest BCUT2D eigenvalue weighted by atomic mass is 9.84. The maximum Gasteiger partial charge on any atom is 0.317 e. The summed E-state index contributed by atoms with van der Waals surface area (Å²) in [5.74, 6) is -3.02. The molecule has 0 radical (unpaired) electrons. The summed E-state index contributed by atoms with van der Waals surface area (Å²) in [6, 6.07) is -5.56. The van der Waals surface area contributed by atoms with Crippen LogP contribution in [0.1, 0.15) is 49.7 Å². The Morgan fingerprint density at radius 1 is 1.25 bits per heavy atom. The van der Waals surface area contributed by atoms with Gasteiger partial charge in [-0.25, -0.2) is 4.79 Å². The number of nitrogens with one attached hydrogen (secondary N) is 1. The molecule has 3 rings (SSSR count). The van der Waals surface area contributed by atoms with Crippen molar-refractivity contribution in [2.45, 2.75) is 37.9 Å². The molecule has 0 bridgehead atoms. The Labute approximate surface area is 197 Å². The van der Waals surface area contributed by atoms with E-state index in [0.717, 1.165) is 4.90 Å². The van der Waals surface area contributed by atoms with E-state index in [1.807, 2.05) is 5.32 Å². The Balaban J connectivity index is 1.87. The van der Waals surface area contributed by atoms with Crippen LogP contribution in [0.3, 0.4) is 0 Å². The lowest BCUT2D eigenvalue weighted by Gasteiger charge is -2.37. The lowest BCUT2D eigenvalue weighted by molar-refractivity contribution is 0.194. The quantitative estimate of drug-likeness (QED) is 0.741. The molecule has 1 aliphatic carbocycles. The molecule has 1 saturated heterocycles. The summed E-state index contributed by atoms with van der Waals surface area (Å²) >= 11 is 12.4. The van der Waals surface area contributed by atoms with Gasteiger partial charge in [0.25, 0.3) is 0 Å². The minimum absolute atomic E-state index is 0.0375. The maximum atomic E-state index is 12.3. The first-order valence-electron chi connectivity index (χ1n) is 15.4. The van der Waals surface area contributed by atoms with Gasteiger partial charge in [0.2, 0.25) is 0 Å². The van der Waals surface area contributed by atoms with Crippen molar-refractivity contribution in [3.63, 3.8) is 0 Å². The molecule has 0 spiro atoms. The number of nitrogens with zero attached hydrogens (tertiary/aromatic N) is 3. The van der Waals surface area contributed by atoms with Crippen molar-refractivity contribution in [1.82, 2.24) is 15.1 Å². The van der Waals surface area contributed by atoms with E-state index in [2.05, 4.69) is 0 Å². The number of anilines is 1. The van der Waals surface area contributed by atoms with Crippen molar-refractivity contribution in [3.8, 4) is 0 Å². The van der Waals surface area contributed by atoms with Crippen LogP contribution in [0.2, 0.25) is 10.0 Å². The Kier molecular flexibility index (Phi) is 3.67. The van der Waals surface area contributed by atoms with E-state index >= 15 is 0 Å². The van der Waals surface area contributed by atoms with Gasteiger partial charge in [0.15, 0.2) is 0 Å². The minimum Gasteiger partial charge on any atom is -0.368 e. The number of rotatable bonds is 5. The topological polar surface area (TPSA) is 38.8 Å². The predicted molar refractivity (Wildman–Crippen MR) is 118 cm³/mol. The molecule has 1 aromatic carbocycles. The average molecular weight is 440 g/mol. The molecule has 28 heavy (non-hydrogen) atoms. The third-order valence-corrected chi connectivity index (χ3v) is 5.18. The van der Waals surface area contributed by atoms with Crippen molar-refractivity contribution in [2.24, 2.45) is 5.89 Å². The second-order valence-electron chi connectivity index (χ2n) is 6.61. The van der Waals surface area contributed by atoms with Gasteiger partial charge < -0.3 is 15.1 Å². The van der Waals surface area contributed by atoms with Crippen molar-refractivity contribution in [2.75, 3.05) is 51.7 Å². The predicted octanol–water partition coefficient (Wildman–Crippen LogP) is 4.34. The molecular weight excluding hydrogens is 395 g/mol. The summed E-state index contributed by atoms with van der Waals surface area (Å²) in [6.07, 6.45) is -14.6. The number of carbonyl (C=O) groups is 1. The van der Waals surface area contributed by atoms with Crippen molar-refractivity contribution in [3.05, 3.63) is 28.2 Å². The van der Waals surface area contributed by atoms with Crippen LogP contribution < -0.4 is 10.2 Å². The van der Waals surface area contributed by atoms with E-state index in [4.69, 9.17) is 41.0 Å². The smallest absolute Gasteiger partial charge is 0.317 e. The first-order chi connectivity index (χ1) is 18.4. The Hall–Kier alpha value is -1.17. The number of amides is 2. The summed E-state index contributed by atoms with van der Waals surface area (Å²) in [5.41, 5.74) is 0.183. The first kappa shape index (κ1) is 10.2. The number of urea groups is 1. The largest absolute Gasteiger partial charge is 0.368 e. The average Bonchev–Trinajstić information content (AvgIpc) is 2.88. The molecule has 1 aromatic rings. The highest BCUT2D eigenvalue weighted by molar-refractivity contribution is 6.43. The zero-order valence-corrected chi connectivity index (χ0v) is 17.3. The molecule has 0 aromatic heterocycles. The number of hydrogen-bond acceptors (Lipinski definition) is 3. The van der Waals surface area contributed by atoms with Crippen LogP contribution in [-0.2, 0) is 0 Å². The summed E-state index contributed by atoms with van der Waals surface area (Å²) in [6.45, 7) is 0.878. The van der Waals surface area contributed by atoms with Crippen LogP contribution in [0, 0.1) is 5.89 Å². The lowest BCUT2D eigenvalue weighted by Crippen LogP contribution is -2.47. The van der Waals surface area contributed by atoms with Gasteiger partial charge in [0, 0.05) is 58.6 Å². The SMILES string of the molecule is [2H]c1c([2H])c(Cl)c(Cl)c(N2CCN(CCC3([2H])C([2H])([2H])C([2H])([2H])C([2H])(NC(=O)N(C)C)C([2H])([2H])C3([2H])[2H])CC2)c1[2H]. The van der Waals surface area contributed by atoms with Crippen molar-refractivity contribution < 1.29 is 22.6 Å². The molecule has 2 fully saturated rings. The third-order valence-electron chi connectivity index (χ3n) is 4.44. The highest BCUT2D eigenvalue weighted by Crippen LogP contribution is 2.33. The molecular formula is C21H32Cl2N4O. The maximum absolute atomic E-state index is 12.3. The van der Waals surface area contributed by atoms with E-state index < -0.39 is 49.9 Å². The van der Waals surface area contributed by atoms with Crippen LogP contribution in [0.25, 0.3) is 0 Å². The standard InChI is InChI=1S/C21H32Cl2N4O/c1-25(2)21(28)24-17-8-6-16(7-9-17)10-11-26-12-14-27(15-13-26)19-5-3-4-18(22)20(19)23/h3-5,16-17H,6-15H2,1-2H3,(H,24,28)/i3D,4D,5D,6D2,7D2,8D2,9D2,16D,17D. The van der Waals surface area contributed by atoms with Crippen LogP contribution in [0.5, 0.6) is 0 Å². The Morgan fingerprint density at radius 2 is 1.93 bits per heavy atom. The number of carbonyl (C=O) groups excluding carboxylic acids is 1. The second-order valence-corrected chi connectivity index (χ2v) is 7.36. The second kappa shape index (κ2) is 10.0. The van der Waals surface area contributed by atoms with Crippen LogP contribution in [0.4, 0.5) is 10.5 Å². The van der Waals surface area contributed by atoms with Gasteiger partial charge in [-0.15, -0.1) is 0 Å². The van der Waals surface area contributed by atoms with E-state index in [1.54, 1.807) is 9.80 Å². The fourth-order valence-corrected chi connectivity index (χ4v) is 3.14.